The molecule has 188 valence electrons. The van der Waals surface area contributed by atoms with Crippen LogP contribution < -0.4 is 10.2 Å². The summed E-state index contributed by atoms with van der Waals surface area (Å²) in [7, 11) is 1.66. The number of aromatic nitrogens is 1. The predicted molar refractivity (Wildman–Crippen MR) is 145 cm³/mol. The van der Waals surface area contributed by atoms with Gasteiger partial charge in [-0.05, 0) is 25.0 Å². The highest BCUT2D eigenvalue weighted by Gasteiger charge is 2.27. The van der Waals surface area contributed by atoms with E-state index in [4.69, 9.17) is 4.74 Å². The third-order valence-corrected chi connectivity index (χ3v) is 6.83. The van der Waals surface area contributed by atoms with Gasteiger partial charge in [0.15, 0.2) is 5.43 Å². The molecule has 1 saturated heterocycles. The maximum absolute atomic E-state index is 13.6. The van der Waals surface area contributed by atoms with Crippen LogP contribution in [0.2, 0.25) is 0 Å². The molecular weight excluding hydrogens is 450 g/mol. The molecule has 36 heavy (non-hydrogen) atoms. The summed E-state index contributed by atoms with van der Waals surface area (Å²) < 4.78 is 7.61. The Morgan fingerprint density at radius 1 is 1.00 bits per heavy atom. The van der Waals surface area contributed by atoms with Crippen LogP contribution in [0.3, 0.4) is 0 Å². The molecule has 0 aliphatic carbocycles. The van der Waals surface area contributed by atoms with Crippen molar-refractivity contribution in [2.75, 3.05) is 39.8 Å². The van der Waals surface area contributed by atoms with Crippen molar-refractivity contribution in [3.63, 3.8) is 0 Å². The standard InChI is InChI=1S/C30H35N3O3/c1-4-26-29(27(34)21-23(2)33(26)22-25-14-8-9-15-28(25)36-3)30(35)32-19-17-31(18-20-32)16-10-13-24-11-6-5-7-12-24/h5-15,21H,4,16-20,22H2,1-3H3/b13-10+. The molecule has 0 N–H and O–H groups in total. The van der Waals surface area contributed by atoms with Gasteiger partial charge in [0.05, 0.1) is 13.7 Å². The molecule has 0 saturated carbocycles. The maximum Gasteiger partial charge on any atom is 0.259 e. The van der Waals surface area contributed by atoms with Gasteiger partial charge in [-0.3, -0.25) is 14.5 Å². The van der Waals surface area contributed by atoms with Gasteiger partial charge in [-0.2, -0.15) is 0 Å². The van der Waals surface area contributed by atoms with E-state index in [2.05, 4.69) is 33.8 Å². The van der Waals surface area contributed by atoms with Crippen molar-refractivity contribution < 1.29 is 9.53 Å². The third kappa shape index (κ3) is 5.77. The van der Waals surface area contributed by atoms with Gasteiger partial charge >= 0.3 is 0 Å². The molecule has 0 unspecified atom stereocenters. The van der Waals surface area contributed by atoms with Crippen molar-refractivity contribution in [3.8, 4) is 5.75 Å². The number of carbonyl (C=O) groups excluding carboxylic acids is 1. The van der Waals surface area contributed by atoms with Crippen molar-refractivity contribution in [2.45, 2.75) is 26.8 Å². The highest BCUT2D eigenvalue weighted by atomic mass is 16.5. The second-order valence-electron chi connectivity index (χ2n) is 9.13. The minimum absolute atomic E-state index is 0.162. The summed E-state index contributed by atoms with van der Waals surface area (Å²) in [6, 6.07) is 19.7. The molecule has 6 nitrogen and oxygen atoms in total. The lowest BCUT2D eigenvalue weighted by molar-refractivity contribution is 0.0646. The Hall–Kier alpha value is -3.64. The number of methoxy groups -OCH3 is 1. The molecule has 0 bridgehead atoms. The normalized spacial score (nSPS) is 14.4. The zero-order valence-corrected chi connectivity index (χ0v) is 21.4. The second kappa shape index (κ2) is 11.9. The Morgan fingerprint density at radius 3 is 2.39 bits per heavy atom. The van der Waals surface area contributed by atoms with Crippen LogP contribution >= 0.6 is 0 Å². The Balaban J connectivity index is 1.49. The summed E-state index contributed by atoms with van der Waals surface area (Å²) in [4.78, 5) is 30.8. The lowest BCUT2D eigenvalue weighted by Gasteiger charge is -2.34. The molecular formula is C30H35N3O3. The molecule has 3 aromatic rings. The first-order valence-electron chi connectivity index (χ1n) is 12.6. The van der Waals surface area contributed by atoms with E-state index in [0.29, 0.717) is 31.6 Å². The fourth-order valence-electron chi connectivity index (χ4n) is 4.84. The summed E-state index contributed by atoms with van der Waals surface area (Å²) in [5, 5.41) is 0. The molecule has 6 heteroatoms. The monoisotopic (exact) mass is 485 g/mol. The van der Waals surface area contributed by atoms with Crippen molar-refractivity contribution in [1.82, 2.24) is 14.4 Å². The van der Waals surface area contributed by atoms with E-state index >= 15 is 0 Å². The maximum atomic E-state index is 13.6. The summed E-state index contributed by atoms with van der Waals surface area (Å²) in [6.45, 7) is 8.10. The summed E-state index contributed by atoms with van der Waals surface area (Å²) >= 11 is 0. The number of nitrogens with zero attached hydrogens (tertiary/aromatic N) is 3. The first kappa shape index (κ1) is 25.5. The van der Waals surface area contributed by atoms with Crippen LogP contribution in [0.25, 0.3) is 6.08 Å². The molecule has 1 aliphatic heterocycles. The minimum Gasteiger partial charge on any atom is -0.496 e. The molecule has 0 atom stereocenters. The zero-order chi connectivity index (χ0) is 25.5. The van der Waals surface area contributed by atoms with Crippen LogP contribution in [0, 0.1) is 6.92 Å². The third-order valence-electron chi connectivity index (χ3n) is 6.83. The number of aryl methyl sites for hydroxylation is 1. The van der Waals surface area contributed by atoms with Crippen molar-refractivity contribution in [3.05, 3.63) is 105 Å². The van der Waals surface area contributed by atoms with E-state index in [1.807, 2.05) is 61.2 Å². The van der Waals surface area contributed by atoms with Crippen LogP contribution in [0.5, 0.6) is 5.75 Å². The largest absolute Gasteiger partial charge is 0.496 e. The number of pyridine rings is 1. The molecule has 0 spiro atoms. The van der Waals surface area contributed by atoms with E-state index in [1.54, 1.807) is 13.2 Å². The van der Waals surface area contributed by atoms with E-state index in [9.17, 15) is 9.59 Å². The van der Waals surface area contributed by atoms with Crippen molar-refractivity contribution in [1.29, 1.82) is 0 Å². The zero-order valence-electron chi connectivity index (χ0n) is 21.4. The molecule has 2 heterocycles. The quantitative estimate of drug-likeness (QED) is 0.479. The average molecular weight is 486 g/mol. The first-order chi connectivity index (χ1) is 17.5. The second-order valence-corrected chi connectivity index (χ2v) is 9.13. The Bertz CT molecular complexity index is 1270. The van der Waals surface area contributed by atoms with Gasteiger partial charge in [-0.15, -0.1) is 0 Å². The topological polar surface area (TPSA) is 54.8 Å². The molecule has 1 aromatic heterocycles. The van der Waals surface area contributed by atoms with Gasteiger partial charge < -0.3 is 14.2 Å². The minimum atomic E-state index is -0.196. The van der Waals surface area contributed by atoms with Gasteiger partial charge in [0.1, 0.15) is 11.3 Å². The van der Waals surface area contributed by atoms with Crippen LogP contribution in [-0.4, -0.2) is 60.1 Å². The number of hydrogen-bond acceptors (Lipinski definition) is 4. The molecule has 1 aliphatic rings. The van der Waals surface area contributed by atoms with E-state index in [-0.39, 0.29) is 11.3 Å². The van der Waals surface area contributed by atoms with Crippen LogP contribution in [0.1, 0.15) is 39.8 Å². The van der Waals surface area contributed by atoms with Crippen LogP contribution in [0.15, 0.2) is 71.5 Å². The van der Waals surface area contributed by atoms with Gasteiger partial charge in [-0.1, -0.05) is 67.6 Å². The lowest BCUT2D eigenvalue weighted by Crippen LogP contribution is -2.49. The number of carbonyl (C=O) groups is 1. The van der Waals surface area contributed by atoms with Gasteiger partial charge in [0.2, 0.25) is 0 Å². The Labute approximate surface area is 213 Å². The van der Waals surface area contributed by atoms with Crippen molar-refractivity contribution >= 4 is 12.0 Å². The summed E-state index contributed by atoms with van der Waals surface area (Å²) in [5.74, 6) is 0.632. The molecule has 1 fully saturated rings. The highest BCUT2D eigenvalue weighted by molar-refractivity contribution is 5.95. The van der Waals surface area contributed by atoms with Gasteiger partial charge in [-0.25, -0.2) is 0 Å². The molecule has 0 radical (unpaired) electrons. The van der Waals surface area contributed by atoms with Gasteiger partial charge in [0.25, 0.3) is 5.91 Å². The number of hydrogen-bond donors (Lipinski definition) is 0. The number of rotatable bonds is 8. The Morgan fingerprint density at radius 2 is 1.69 bits per heavy atom. The average Bonchev–Trinajstić information content (AvgIpc) is 2.91. The predicted octanol–water partition coefficient (Wildman–Crippen LogP) is 4.25. The number of para-hydroxylation sites is 1. The smallest absolute Gasteiger partial charge is 0.259 e. The summed E-state index contributed by atoms with van der Waals surface area (Å²) in [6.07, 6.45) is 4.89. The van der Waals surface area contributed by atoms with Crippen molar-refractivity contribution in [2.24, 2.45) is 0 Å². The highest BCUT2D eigenvalue weighted by Crippen LogP contribution is 2.22. The SMILES string of the molecule is CCc1c(C(=O)N2CCN(C/C=C/c3ccccc3)CC2)c(=O)cc(C)n1Cc1ccccc1OC. The molecule has 4 rings (SSSR count). The number of piperazine rings is 1. The van der Waals surface area contributed by atoms with Crippen LogP contribution in [-0.2, 0) is 13.0 Å². The lowest BCUT2D eigenvalue weighted by atomic mass is 10.1. The van der Waals surface area contributed by atoms with E-state index in [1.165, 1.54) is 5.56 Å². The van der Waals surface area contributed by atoms with E-state index in [0.717, 1.165) is 42.3 Å². The summed E-state index contributed by atoms with van der Waals surface area (Å²) in [5.41, 5.74) is 3.92. The number of benzene rings is 2. The fraction of sp³-hybridized carbons (Fsp3) is 0.333. The molecule has 2 aromatic carbocycles. The molecule has 1 amide bonds. The van der Waals surface area contributed by atoms with Crippen LogP contribution in [0.4, 0.5) is 0 Å². The number of ether oxygens (including phenoxy) is 1. The fourth-order valence-corrected chi connectivity index (χ4v) is 4.84. The number of amides is 1. The van der Waals surface area contributed by atoms with E-state index < -0.39 is 0 Å². The van der Waals surface area contributed by atoms with Gasteiger partial charge in [0, 0.05) is 55.7 Å². The Kier molecular flexibility index (Phi) is 8.39. The first-order valence-corrected chi connectivity index (χ1v) is 12.6.